The fourth-order valence-corrected chi connectivity index (χ4v) is 5.18. The van der Waals surface area contributed by atoms with Crippen molar-refractivity contribution >= 4 is 63.2 Å². The lowest BCUT2D eigenvalue weighted by Crippen LogP contribution is -2.37. The van der Waals surface area contributed by atoms with Crippen LogP contribution in [0.3, 0.4) is 0 Å². The summed E-state index contributed by atoms with van der Waals surface area (Å²) in [6.45, 7) is 0. The van der Waals surface area contributed by atoms with Crippen LogP contribution in [0.2, 0.25) is 0 Å². The SMILES string of the molecule is CN(C)c1cc(NC2CCC(C(N)Cc3ccc(Br)cc3OC(F)(F)F)CC2)nc2ccccc12.Cl.Cl. The van der Waals surface area contributed by atoms with Gasteiger partial charge in [-0.2, -0.15) is 0 Å². The molecule has 0 bridgehead atoms. The number of ether oxygens (including phenoxy) is 1. The third kappa shape index (κ3) is 8.27. The fourth-order valence-electron chi connectivity index (χ4n) is 4.84. The molecule has 0 saturated heterocycles. The molecule has 0 aliphatic heterocycles. The van der Waals surface area contributed by atoms with Crippen molar-refractivity contribution in [3.8, 4) is 5.75 Å². The van der Waals surface area contributed by atoms with E-state index >= 15 is 0 Å². The average Bonchev–Trinajstić information content (AvgIpc) is 2.79. The number of nitrogens with two attached hydrogens (primary N) is 1. The molecular formula is C26H32BrCl2F3N4O. The molecule has 1 aromatic heterocycles. The Morgan fingerprint density at radius 2 is 1.76 bits per heavy atom. The number of fused-ring (bicyclic) bond motifs is 1. The van der Waals surface area contributed by atoms with Crippen LogP contribution in [-0.4, -0.2) is 37.5 Å². The van der Waals surface area contributed by atoms with Crippen molar-refractivity contribution in [3.05, 3.63) is 58.6 Å². The minimum atomic E-state index is -4.74. The van der Waals surface area contributed by atoms with Crippen LogP contribution in [0, 0.1) is 5.92 Å². The highest BCUT2D eigenvalue weighted by Gasteiger charge is 2.33. The number of nitrogens with zero attached hydrogens (tertiary/aromatic N) is 2. The van der Waals surface area contributed by atoms with Crippen molar-refractivity contribution < 1.29 is 17.9 Å². The highest BCUT2D eigenvalue weighted by molar-refractivity contribution is 9.10. The fraction of sp³-hybridized carbons (Fsp3) is 0.423. The Labute approximate surface area is 236 Å². The number of alkyl halides is 3. The summed E-state index contributed by atoms with van der Waals surface area (Å²) in [5.41, 5.74) is 9.00. The van der Waals surface area contributed by atoms with Crippen LogP contribution in [0.4, 0.5) is 24.7 Å². The number of anilines is 2. The van der Waals surface area contributed by atoms with Gasteiger partial charge in [0.05, 0.1) is 5.52 Å². The molecule has 3 aromatic rings. The predicted molar refractivity (Wildman–Crippen MR) is 152 cm³/mol. The Morgan fingerprint density at radius 1 is 1.08 bits per heavy atom. The smallest absolute Gasteiger partial charge is 0.405 e. The predicted octanol–water partition coefficient (Wildman–Crippen LogP) is 7.35. The second kappa shape index (κ2) is 13.2. The number of benzene rings is 2. The Hall–Kier alpha value is -1.94. The van der Waals surface area contributed by atoms with E-state index in [1.807, 2.05) is 32.3 Å². The van der Waals surface area contributed by atoms with Gasteiger partial charge in [-0.05, 0) is 61.8 Å². The maximum Gasteiger partial charge on any atom is 0.573 e. The van der Waals surface area contributed by atoms with Crippen LogP contribution in [0.15, 0.2) is 53.0 Å². The largest absolute Gasteiger partial charge is 0.573 e. The zero-order valence-electron chi connectivity index (χ0n) is 20.6. The average molecular weight is 624 g/mol. The molecule has 1 unspecified atom stereocenters. The van der Waals surface area contributed by atoms with Crippen LogP contribution in [0.1, 0.15) is 31.2 Å². The van der Waals surface area contributed by atoms with Crippen LogP contribution in [0.25, 0.3) is 10.9 Å². The van der Waals surface area contributed by atoms with Gasteiger partial charge in [-0.1, -0.05) is 40.2 Å². The molecule has 5 nitrogen and oxygen atoms in total. The van der Waals surface area contributed by atoms with Gasteiger partial charge in [0.1, 0.15) is 11.6 Å². The minimum Gasteiger partial charge on any atom is -0.405 e. The summed E-state index contributed by atoms with van der Waals surface area (Å²) < 4.78 is 43.3. The molecule has 11 heteroatoms. The van der Waals surface area contributed by atoms with Gasteiger partial charge in [-0.25, -0.2) is 4.98 Å². The number of rotatable bonds is 7. The van der Waals surface area contributed by atoms with E-state index in [2.05, 4.69) is 43.0 Å². The summed E-state index contributed by atoms with van der Waals surface area (Å²) in [4.78, 5) is 6.88. The molecule has 0 amide bonds. The van der Waals surface area contributed by atoms with E-state index in [-0.39, 0.29) is 48.6 Å². The first-order chi connectivity index (χ1) is 16.6. The molecule has 2 aromatic carbocycles. The van der Waals surface area contributed by atoms with Gasteiger partial charge in [0.2, 0.25) is 0 Å². The van der Waals surface area contributed by atoms with E-state index in [0.29, 0.717) is 16.5 Å². The maximum absolute atomic E-state index is 12.8. The van der Waals surface area contributed by atoms with E-state index in [1.165, 1.54) is 6.07 Å². The van der Waals surface area contributed by atoms with Gasteiger partial charge < -0.3 is 20.7 Å². The number of nitrogens with one attached hydrogen (secondary N) is 1. The first-order valence-electron chi connectivity index (χ1n) is 11.7. The molecule has 1 aliphatic rings. The monoisotopic (exact) mass is 622 g/mol. The highest BCUT2D eigenvalue weighted by atomic mass is 79.9. The lowest BCUT2D eigenvalue weighted by molar-refractivity contribution is -0.274. The van der Waals surface area contributed by atoms with Gasteiger partial charge in [-0.15, -0.1) is 38.0 Å². The molecule has 3 N–H and O–H groups in total. The van der Waals surface area contributed by atoms with Crippen LogP contribution >= 0.6 is 40.7 Å². The molecule has 1 fully saturated rings. The summed E-state index contributed by atoms with van der Waals surface area (Å²) in [6.07, 6.45) is -0.753. The summed E-state index contributed by atoms with van der Waals surface area (Å²) in [7, 11) is 4.05. The van der Waals surface area contributed by atoms with Crippen LogP contribution < -0.4 is 20.7 Å². The minimum absolute atomic E-state index is 0. The third-order valence-electron chi connectivity index (χ3n) is 6.62. The summed E-state index contributed by atoms with van der Waals surface area (Å²) >= 11 is 3.21. The van der Waals surface area contributed by atoms with Crippen LogP contribution in [0.5, 0.6) is 5.75 Å². The summed E-state index contributed by atoms with van der Waals surface area (Å²) in [5, 5.41) is 4.70. The van der Waals surface area contributed by atoms with Crippen molar-refractivity contribution in [2.45, 2.75) is 50.6 Å². The van der Waals surface area contributed by atoms with E-state index in [9.17, 15) is 13.2 Å². The number of pyridine rings is 1. The molecule has 1 saturated carbocycles. The van der Waals surface area contributed by atoms with Crippen molar-refractivity contribution in [2.75, 3.05) is 24.3 Å². The van der Waals surface area contributed by atoms with E-state index in [1.54, 1.807) is 12.1 Å². The summed E-state index contributed by atoms with van der Waals surface area (Å²) in [6, 6.07) is 14.9. The van der Waals surface area contributed by atoms with Crippen molar-refractivity contribution in [3.63, 3.8) is 0 Å². The second-order valence-electron chi connectivity index (χ2n) is 9.36. The zero-order valence-corrected chi connectivity index (χ0v) is 23.8. The number of halogens is 6. The maximum atomic E-state index is 12.8. The number of hydrogen-bond acceptors (Lipinski definition) is 5. The molecule has 4 rings (SSSR count). The van der Waals surface area contributed by atoms with Gasteiger partial charge in [-0.3, -0.25) is 0 Å². The Morgan fingerprint density at radius 3 is 2.41 bits per heavy atom. The van der Waals surface area contributed by atoms with Crippen LogP contribution in [-0.2, 0) is 6.42 Å². The standard InChI is InChI=1S/C26H30BrF3N4O.2ClH/c1-34(2)23-15-25(33-22-6-4-3-5-20(22)23)32-19-11-8-16(9-12-19)21(31)13-17-7-10-18(27)14-24(17)35-26(28,29)30;;/h3-7,10,14-16,19,21H,8-9,11-13,31H2,1-2H3,(H,32,33);2*1H. The lowest BCUT2D eigenvalue weighted by atomic mass is 9.80. The second-order valence-corrected chi connectivity index (χ2v) is 10.3. The third-order valence-corrected chi connectivity index (χ3v) is 7.11. The first kappa shape index (κ1) is 31.3. The Balaban J connectivity index is 0.00000241. The molecule has 204 valence electrons. The normalized spacial score (nSPS) is 18.4. The van der Waals surface area contributed by atoms with E-state index in [0.717, 1.165) is 48.1 Å². The lowest BCUT2D eigenvalue weighted by Gasteiger charge is -2.33. The van der Waals surface area contributed by atoms with Gasteiger partial charge in [0.15, 0.2) is 0 Å². The topological polar surface area (TPSA) is 63.4 Å². The molecular weight excluding hydrogens is 592 g/mol. The van der Waals surface area contributed by atoms with Gasteiger partial charge >= 0.3 is 6.36 Å². The first-order valence-corrected chi connectivity index (χ1v) is 12.5. The zero-order chi connectivity index (χ0) is 25.2. The number of para-hydroxylation sites is 1. The van der Waals surface area contributed by atoms with Gasteiger partial charge in [0, 0.05) is 47.8 Å². The van der Waals surface area contributed by atoms with E-state index < -0.39 is 6.36 Å². The highest BCUT2D eigenvalue weighted by Crippen LogP contribution is 2.34. The van der Waals surface area contributed by atoms with Crippen molar-refractivity contribution in [1.29, 1.82) is 0 Å². The summed E-state index contributed by atoms with van der Waals surface area (Å²) in [5.74, 6) is 0.887. The Bertz CT molecular complexity index is 1170. The quantitative estimate of drug-likeness (QED) is 0.288. The van der Waals surface area contributed by atoms with Crippen molar-refractivity contribution in [2.24, 2.45) is 11.7 Å². The molecule has 0 radical (unpaired) electrons. The molecule has 1 aliphatic carbocycles. The molecule has 37 heavy (non-hydrogen) atoms. The van der Waals surface area contributed by atoms with E-state index in [4.69, 9.17) is 10.7 Å². The molecule has 1 atom stereocenters. The number of aromatic nitrogens is 1. The van der Waals surface area contributed by atoms with Gasteiger partial charge in [0.25, 0.3) is 0 Å². The Kier molecular flexibility index (Phi) is 11.2. The molecule has 1 heterocycles. The number of hydrogen-bond donors (Lipinski definition) is 2. The van der Waals surface area contributed by atoms with Crippen molar-refractivity contribution in [1.82, 2.24) is 4.98 Å². The molecule has 0 spiro atoms.